The van der Waals surface area contributed by atoms with Crippen LogP contribution in [0.3, 0.4) is 0 Å². The summed E-state index contributed by atoms with van der Waals surface area (Å²) in [6.07, 6.45) is 0. The van der Waals surface area contributed by atoms with Gasteiger partial charge in [-0.05, 0) is 30.7 Å². The Morgan fingerprint density at radius 1 is 0.771 bits per heavy atom. The van der Waals surface area contributed by atoms with Gasteiger partial charge in [-0.3, -0.25) is 9.80 Å². The van der Waals surface area contributed by atoms with Crippen LogP contribution in [-0.4, -0.2) is 86.1 Å². The van der Waals surface area contributed by atoms with Crippen LogP contribution >= 0.6 is 0 Å². The van der Waals surface area contributed by atoms with Crippen molar-refractivity contribution in [2.75, 3.05) is 54.1 Å². The molecule has 0 spiro atoms. The molecule has 0 aliphatic carbocycles. The van der Waals surface area contributed by atoms with E-state index in [-0.39, 0.29) is 0 Å². The number of rotatable bonds is 9. The third-order valence-corrected chi connectivity index (χ3v) is 5.47. The summed E-state index contributed by atoms with van der Waals surface area (Å²) in [5.41, 5.74) is 2.44. The van der Waals surface area contributed by atoms with E-state index in [1.54, 1.807) is 21.3 Å². The quantitative estimate of drug-likeness (QED) is 0.508. The van der Waals surface area contributed by atoms with Crippen LogP contribution < -0.4 is 18.9 Å². The molecule has 2 aromatic carbocycles. The van der Waals surface area contributed by atoms with Gasteiger partial charge in [-0.15, -0.1) is 0 Å². The number of carboxylic acid groups (broad SMARTS) is 2. The molecule has 192 valence electrons. The summed E-state index contributed by atoms with van der Waals surface area (Å²) in [5.74, 6) is -0.617. The molecule has 0 atom stereocenters. The van der Waals surface area contributed by atoms with Gasteiger partial charge in [0.15, 0.2) is 11.5 Å². The van der Waals surface area contributed by atoms with Gasteiger partial charge in [0.05, 0.1) is 27.9 Å². The number of nitrogens with zero attached hydrogens (tertiary/aromatic N) is 2. The monoisotopic (exact) mass is 490 g/mol. The van der Waals surface area contributed by atoms with Gasteiger partial charge in [0.25, 0.3) is 0 Å². The fraction of sp³-hybridized carbons (Fsp3) is 0.440. The molecule has 2 N–H and O–H groups in total. The van der Waals surface area contributed by atoms with Crippen LogP contribution in [0.4, 0.5) is 0 Å². The highest BCUT2D eigenvalue weighted by atomic mass is 16.5. The second-order valence-electron chi connectivity index (χ2n) is 7.73. The van der Waals surface area contributed by atoms with Crippen LogP contribution in [0.1, 0.15) is 18.1 Å². The highest BCUT2D eigenvalue weighted by Gasteiger charge is 2.21. The normalized spacial score (nSPS) is 13.8. The van der Waals surface area contributed by atoms with Crippen LogP contribution in [0.25, 0.3) is 0 Å². The number of hydrogen-bond donors (Lipinski definition) is 2. The van der Waals surface area contributed by atoms with Crippen molar-refractivity contribution in [2.45, 2.75) is 20.0 Å². The maximum Gasteiger partial charge on any atom is 0.414 e. The number of carboxylic acids is 2. The fourth-order valence-electron chi connectivity index (χ4n) is 3.75. The lowest BCUT2D eigenvalue weighted by Crippen LogP contribution is -2.45. The lowest BCUT2D eigenvalue weighted by atomic mass is 10.1. The molecule has 2 aromatic rings. The number of methoxy groups -OCH3 is 3. The maximum atomic E-state index is 9.10. The van der Waals surface area contributed by atoms with Gasteiger partial charge in [-0.2, -0.15) is 0 Å². The van der Waals surface area contributed by atoms with E-state index in [4.69, 9.17) is 38.7 Å². The predicted molar refractivity (Wildman–Crippen MR) is 130 cm³/mol. The van der Waals surface area contributed by atoms with Gasteiger partial charge in [-0.1, -0.05) is 18.2 Å². The molecule has 1 aliphatic heterocycles. The maximum absolute atomic E-state index is 9.10. The zero-order valence-corrected chi connectivity index (χ0v) is 20.7. The zero-order chi connectivity index (χ0) is 25.8. The number of benzene rings is 2. The van der Waals surface area contributed by atoms with E-state index in [9.17, 15) is 0 Å². The Morgan fingerprint density at radius 3 is 1.77 bits per heavy atom. The van der Waals surface area contributed by atoms with E-state index < -0.39 is 11.9 Å². The molecule has 0 radical (unpaired) electrons. The Morgan fingerprint density at radius 2 is 1.31 bits per heavy atom. The largest absolute Gasteiger partial charge is 0.494 e. The minimum Gasteiger partial charge on any atom is -0.494 e. The van der Waals surface area contributed by atoms with Crippen LogP contribution in [0.5, 0.6) is 23.0 Å². The van der Waals surface area contributed by atoms with Crippen molar-refractivity contribution < 1.29 is 38.7 Å². The van der Waals surface area contributed by atoms with E-state index >= 15 is 0 Å². The molecule has 0 aromatic heterocycles. The van der Waals surface area contributed by atoms with Crippen molar-refractivity contribution in [3.05, 3.63) is 47.5 Å². The molecule has 10 nitrogen and oxygen atoms in total. The molecule has 0 bridgehead atoms. The average molecular weight is 491 g/mol. The Hall–Kier alpha value is -3.50. The molecule has 0 unspecified atom stereocenters. The summed E-state index contributed by atoms with van der Waals surface area (Å²) in [7, 11) is 4.96. The molecule has 1 heterocycles. The standard InChI is InChI=1S/C23H32N2O4.C2H2O4/c1-5-29-20-9-6-18(7-10-20)16-24-12-14-25(15-13-24)17-19-8-11-21(26-2)23(28-4)22(19)27-3;3-1(4)2(5)6/h6-11H,5,12-17H2,1-4H3;(H,3,4)(H,5,6). The SMILES string of the molecule is CCOc1ccc(CN2CCN(Cc3ccc(OC)c(OC)c3OC)CC2)cc1.O=C(O)C(=O)O. The minimum absolute atomic E-state index is 0.654. The number of piperazine rings is 1. The van der Waals surface area contributed by atoms with Crippen LogP contribution in [0, 0.1) is 0 Å². The summed E-state index contributed by atoms with van der Waals surface area (Å²) < 4.78 is 22.0. The fourth-order valence-corrected chi connectivity index (χ4v) is 3.75. The van der Waals surface area contributed by atoms with Crippen molar-refractivity contribution >= 4 is 11.9 Å². The van der Waals surface area contributed by atoms with Gasteiger partial charge >= 0.3 is 11.9 Å². The first-order valence-electron chi connectivity index (χ1n) is 11.2. The molecule has 3 rings (SSSR count). The number of hydrogen-bond acceptors (Lipinski definition) is 8. The van der Waals surface area contributed by atoms with Gasteiger partial charge in [-0.25, -0.2) is 9.59 Å². The zero-order valence-electron chi connectivity index (χ0n) is 20.7. The molecule has 1 fully saturated rings. The molecule has 10 heteroatoms. The predicted octanol–water partition coefficient (Wildman–Crippen LogP) is 2.58. The second-order valence-corrected chi connectivity index (χ2v) is 7.73. The van der Waals surface area contributed by atoms with E-state index in [0.29, 0.717) is 18.1 Å². The Bertz CT molecular complexity index is 945. The highest BCUT2D eigenvalue weighted by Crippen LogP contribution is 2.40. The molecule has 0 saturated carbocycles. The van der Waals surface area contributed by atoms with Gasteiger partial charge in [0.1, 0.15) is 5.75 Å². The van der Waals surface area contributed by atoms with E-state index in [0.717, 1.165) is 56.3 Å². The van der Waals surface area contributed by atoms with Gasteiger partial charge < -0.3 is 29.2 Å². The third kappa shape index (κ3) is 8.34. The van der Waals surface area contributed by atoms with Crippen molar-refractivity contribution in [1.82, 2.24) is 9.80 Å². The third-order valence-electron chi connectivity index (χ3n) is 5.47. The van der Waals surface area contributed by atoms with Crippen molar-refractivity contribution in [3.8, 4) is 23.0 Å². The Kier molecular flexibility index (Phi) is 11.1. The summed E-state index contributed by atoms with van der Waals surface area (Å²) in [6, 6.07) is 12.4. The van der Waals surface area contributed by atoms with Crippen LogP contribution in [0.15, 0.2) is 36.4 Å². The minimum atomic E-state index is -1.82. The summed E-state index contributed by atoms with van der Waals surface area (Å²) >= 11 is 0. The number of ether oxygens (including phenoxy) is 4. The second kappa shape index (κ2) is 14.0. The Balaban J connectivity index is 0.000000641. The first-order chi connectivity index (χ1) is 16.8. The molecule has 0 amide bonds. The van der Waals surface area contributed by atoms with E-state index in [2.05, 4.69) is 40.1 Å². The summed E-state index contributed by atoms with van der Waals surface area (Å²) in [5, 5.41) is 14.8. The lowest BCUT2D eigenvalue weighted by molar-refractivity contribution is -0.159. The molecular weight excluding hydrogens is 456 g/mol. The highest BCUT2D eigenvalue weighted by molar-refractivity contribution is 6.27. The molecular formula is C25H34N2O8. The van der Waals surface area contributed by atoms with E-state index in [1.807, 2.05) is 13.0 Å². The topological polar surface area (TPSA) is 118 Å². The summed E-state index contributed by atoms with van der Waals surface area (Å²) in [6.45, 7) is 8.65. The van der Waals surface area contributed by atoms with Crippen molar-refractivity contribution in [2.24, 2.45) is 0 Å². The number of aliphatic carboxylic acids is 2. The molecule has 1 aliphatic rings. The van der Waals surface area contributed by atoms with Crippen molar-refractivity contribution in [1.29, 1.82) is 0 Å². The molecule has 1 saturated heterocycles. The average Bonchev–Trinajstić information content (AvgIpc) is 2.86. The van der Waals surface area contributed by atoms with Crippen LogP contribution in [-0.2, 0) is 22.7 Å². The van der Waals surface area contributed by atoms with Crippen molar-refractivity contribution in [3.63, 3.8) is 0 Å². The first-order valence-corrected chi connectivity index (χ1v) is 11.2. The van der Waals surface area contributed by atoms with Gasteiger partial charge in [0.2, 0.25) is 5.75 Å². The van der Waals surface area contributed by atoms with Gasteiger partial charge in [0, 0.05) is 44.8 Å². The first kappa shape index (κ1) is 27.7. The smallest absolute Gasteiger partial charge is 0.414 e. The lowest BCUT2D eigenvalue weighted by Gasteiger charge is -2.35. The molecule has 35 heavy (non-hydrogen) atoms. The van der Waals surface area contributed by atoms with E-state index in [1.165, 1.54) is 5.56 Å². The number of carbonyl (C=O) groups is 2. The van der Waals surface area contributed by atoms with Crippen LogP contribution in [0.2, 0.25) is 0 Å². The Labute approximate surface area is 205 Å². The summed E-state index contributed by atoms with van der Waals surface area (Å²) in [4.78, 5) is 23.2.